The van der Waals surface area contributed by atoms with Crippen LogP contribution in [0.5, 0.6) is 0 Å². The number of hydrogen-bond donors (Lipinski definition) is 0. The van der Waals surface area contributed by atoms with Gasteiger partial charge in [0.05, 0.1) is 13.0 Å². The molecule has 0 aliphatic heterocycles. The second-order valence-corrected chi connectivity index (χ2v) is 2.90. The van der Waals surface area contributed by atoms with Gasteiger partial charge in [-0.15, -0.1) is 0 Å². The van der Waals surface area contributed by atoms with Crippen LogP contribution in [-0.4, -0.2) is 17.1 Å². The highest BCUT2D eigenvalue weighted by Gasteiger charge is 2.06. The molecule has 0 atom stereocenters. The number of hydrogen-bond acceptors (Lipinski definition) is 3. The van der Waals surface area contributed by atoms with Gasteiger partial charge in [0.2, 0.25) is 5.56 Å². The van der Waals surface area contributed by atoms with Crippen LogP contribution >= 0.6 is 0 Å². The van der Waals surface area contributed by atoms with Crippen LogP contribution in [0.25, 0.3) is 0 Å². The molecular formula is C10H13NO3. The van der Waals surface area contributed by atoms with E-state index in [9.17, 15) is 9.59 Å². The number of pyridine rings is 1. The highest BCUT2D eigenvalue weighted by molar-refractivity contribution is 5.71. The summed E-state index contributed by atoms with van der Waals surface area (Å²) in [5.41, 5.74) is 0.544. The molecule has 1 aromatic heterocycles. The fraction of sp³-hybridized carbons (Fsp3) is 0.400. The van der Waals surface area contributed by atoms with Crippen LogP contribution in [0.2, 0.25) is 0 Å². The summed E-state index contributed by atoms with van der Waals surface area (Å²) in [6, 6.07) is 4.82. The fourth-order valence-corrected chi connectivity index (χ4v) is 1.14. The summed E-state index contributed by atoms with van der Waals surface area (Å²) in [6.07, 6.45) is 0.139. The molecule has 76 valence electrons. The zero-order valence-corrected chi connectivity index (χ0v) is 8.32. The number of esters is 1. The number of aromatic nitrogens is 1. The number of ether oxygens (including phenoxy) is 1. The third-order valence-corrected chi connectivity index (χ3v) is 1.92. The van der Waals surface area contributed by atoms with Crippen molar-refractivity contribution in [2.24, 2.45) is 7.05 Å². The molecule has 0 spiro atoms. The van der Waals surface area contributed by atoms with Crippen LogP contribution in [0.15, 0.2) is 23.0 Å². The fourth-order valence-electron chi connectivity index (χ4n) is 1.14. The Morgan fingerprint density at radius 3 is 2.86 bits per heavy atom. The van der Waals surface area contributed by atoms with Crippen molar-refractivity contribution >= 4 is 5.97 Å². The van der Waals surface area contributed by atoms with Gasteiger partial charge < -0.3 is 9.30 Å². The summed E-state index contributed by atoms with van der Waals surface area (Å²) in [7, 11) is 1.64. The van der Waals surface area contributed by atoms with E-state index < -0.39 is 0 Å². The highest BCUT2D eigenvalue weighted by atomic mass is 16.5. The summed E-state index contributed by atoms with van der Waals surface area (Å²) < 4.78 is 6.23. The standard InChI is InChI=1S/C10H13NO3/c1-3-14-10(13)7-8-5-4-6-9(12)11(8)2/h4-6H,3,7H2,1-2H3. The Morgan fingerprint density at radius 2 is 2.21 bits per heavy atom. The molecule has 1 heterocycles. The molecule has 0 aliphatic carbocycles. The van der Waals surface area contributed by atoms with Crippen molar-refractivity contribution in [3.63, 3.8) is 0 Å². The topological polar surface area (TPSA) is 48.3 Å². The van der Waals surface area contributed by atoms with E-state index in [0.29, 0.717) is 12.3 Å². The zero-order valence-electron chi connectivity index (χ0n) is 8.32. The molecule has 4 nitrogen and oxygen atoms in total. The third-order valence-electron chi connectivity index (χ3n) is 1.92. The Hall–Kier alpha value is -1.58. The second-order valence-electron chi connectivity index (χ2n) is 2.90. The summed E-state index contributed by atoms with van der Waals surface area (Å²) >= 11 is 0. The van der Waals surface area contributed by atoms with Crippen molar-refractivity contribution in [3.8, 4) is 0 Å². The summed E-state index contributed by atoms with van der Waals surface area (Å²) in [5, 5.41) is 0. The van der Waals surface area contributed by atoms with Crippen LogP contribution in [-0.2, 0) is 23.0 Å². The number of carbonyl (C=O) groups is 1. The lowest BCUT2D eigenvalue weighted by Crippen LogP contribution is -2.21. The lowest BCUT2D eigenvalue weighted by molar-refractivity contribution is -0.142. The molecule has 0 unspecified atom stereocenters. The van der Waals surface area contributed by atoms with Crippen LogP contribution in [0.1, 0.15) is 12.6 Å². The van der Waals surface area contributed by atoms with Crippen molar-refractivity contribution in [1.29, 1.82) is 0 Å². The number of carbonyl (C=O) groups excluding carboxylic acids is 1. The normalized spacial score (nSPS) is 9.86. The number of rotatable bonds is 3. The van der Waals surface area contributed by atoms with Crippen molar-refractivity contribution in [2.45, 2.75) is 13.3 Å². The van der Waals surface area contributed by atoms with Gasteiger partial charge in [-0.05, 0) is 13.0 Å². The Bertz CT molecular complexity index is 381. The molecule has 0 aliphatic rings. The van der Waals surface area contributed by atoms with Crippen molar-refractivity contribution in [1.82, 2.24) is 4.57 Å². The SMILES string of the molecule is CCOC(=O)Cc1cccc(=O)n1C. The Labute approximate surface area is 82.1 Å². The maximum Gasteiger partial charge on any atom is 0.311 e. The van der Waals surface area contributed by atoms with Crippen LogP contribution < -0.4 is 5.56 Å². The molecule has 0 saturated carbocycles. The first kappa shape index (κ1) is 10.5. The lowest BCUT2D eigenvalue weighted by atomic mass is 10.2. The molecule has 0 aromatic carbocycles. The highest BCUT2D eigenvalue weighted by Crippen LogP contribution is 1.97. The van der Waals surface area contributed by atoms with Crippen molar-refractivity contribution in [3.05, 3.63) is 34.2 Å². The van der Waals surface area contributed by atoms with Gasteiger partial charge in [-0.3, -0.25) is 9.59 Å². The van der Waals surface area contributed by atoms with E-state index in [1.165, 1.54) is 10.6 Å². The van der Waals surface area contributed by atoms with Gasteiger partial charge in [-0.1, -0.05) is 6.07 Å². The van der Waals surface area contributed by atoms with E-state index in [1.54, 1.807) is 26.1 Å². The van der Waals surface area contributed by atoms with Gasteiger partial charge in [-0.25, -0.2) is 0 Å². The lowest BCUT2D eigenvalue weighted by Gasteiger charge is -2.06. The van der Waals surface area contributed by atoms with Gasteiger partial charge in [0.15, 0.2) is 0 Å². The minimum Gasteiger partial charge on any atom is -0.466 e. The Balaban J connectivity index is 2.82. The van der Waals surface area contributed by atoms with E-state index in [4.69, 9.17) is 4.74 Å². The summed E-state index contributed by atoms with van der Waals surface area (Å²) in [5.74, 6) is -0.311. The van der Waals surface area contributed by atoms with Crippen molar-refractivity contribution in [2.75, 3.05) is 6.61 Å². The minimum atomic E-state index is -0.311. The average molecular weight is 195 g/mol. The van der Waals surface area contributed by atoms with E-state index >= 15 is 0 Å². The molecule has 14 heavy (non-hydrogen) atoms. The van der Waals surface area contributed by atoms with Gasteiger partial charge in [0.25, 0.3) is 0 Å². The van der Waals surface area contributed by atoms with Gasteiger partial charge in [0, 0.05) is 18.8 Å². The molecule has 4 heteroatoms. The van der Waals surface area contributed by atoms with Crippen LogP contribution in [0.4, 0.5) is 0 Å². The van der Waals surface area contributed by atoms with Crippen LogP contribution in [0.3, 0.4) is 0 Å². The van der Waals surface area contributed by atoms with Gasteiger partial charge in [0.1, 0.15) is 0 Å². The summed E-state index contributed by atoms with van der Waals surface area (Å²) in [4.78, 5) is 22.3. The predicted octanol–water partition coefficient (Wildman–Crippen LogP) is 0.491. The maximum atomic E-state index is 11.2. The van der Waals surface area contributed by atoms with Gasteiger partial charge in [-0.2, -0.15) is 0 Å². The van der Waals surface area contributed by atoms with Crippen LogP contribution in [0, 0.1) is 0 Å². The first-order chi connectivity index (χ1) is 6.65. The largest absolute Gasteiger partial charge is 0.466 e. The zero-order chi connectivity index (χ0) is 10.6. The smallest absolute Gasteiger partial charge is 0.311 e. The maximum absolute atomic E-state index is 11.2. The third kappa shape index (κ3) is 2.45. The van der Waals surface area contributed by atoms with Gasteiger partial charge >= 0.3 is 5.97 Å². The van der Waals surface area contributed by atoms with E-state index in [2.05, 4.69) is 0 Å². The minimum absolute atomic E-state index is 0.119. The Morgan fingerprint density at radius 1 is 1.50 bits per heavy atom. The van der Waals surface area contributed by atoms with E-state index in [-0.39, 0.29) is 17.9 Å². The van der Waals surface area contributed by atoms with E-state index in [0.717, 1.165) is 0 Å². The monoisotopic (exact) mass is 195 g/mol. The molecule has 1 rings (SSSR count). The molecule has 0 bridgehead atoms. The number of nitrogens with zero attached hydrogens (tertiary/aromatic N) is 1. The first-order valence-electron chi connectivity index (χ1n) is 4.45. The van der Waals surface area contributed by atoms with E-state index in [1.807, 2.05) is 0 Å². The first-order valence-corrected chi connectivity index (χ1v) is 4.45. The molecule has 0 saturated heterocycles. The molecule has 0 amide bonds. The molecule has 1 aromatic rings. The molecule has 0 radical (unpaired) electrons. The van der Waals surface area contributed by atoms with Crippen molar-refractivity contribution < 1.29 is 9.53 Å². The second kappa shape index (κ2) is 4.60. The quantitative estimate of drug-likeness (QED) is 0.659. The average Bonchev–Trinajstić information content (AvgIpc) is 2.13. The molecule has 0 N–H and O–H groups in total. The molecule has 0 fully saturated rings. The summed E-state index contributed by atoms with van der Waals surface area (Å²) in [6.45, 7) is 2.11. The molecular weight excluding hydrogens is 182 g/mol. The predicted molar refractivity (Wildman–Crippen MR) is 52.0 cm³/mol. The Kier molecular flexibility index (Phi) is 3.45.